The highest BCUT2D eigenvalue weighted by Gasteiger charge is 2.12. The number of nitrogens with zero attached hydrogens (tertiary/aromatic N) is 1. The van der Waals surface area contributed by atoms with Crippen molar-refractivity contribution in [3.05, 3.63) is 11.2 Å². The summed E-state index contributed by atoms with van der Waals surface area (Å²) >= 11 is 3.20. The Bertz CT molecular complexity index is 328. The molecule has 1 aromatic heterocycles. The van der Waals surface area contributed by atoms with Crippen molar-refractivity contribution in [2.24, 2.45) is 0 Å². The maximum absolute atomic E-state index is 10.8. The van der Waals surface area contributed by atoms with Crippen molar-refractivity contribution in [2.75, 3.05) is 23.9 Å². The summed E-state index contributed by atoms with van der Waals surface area (Å²) in [5, 5.41) is 12.6. The lowest BCUT2D eigenvalue weighted by Gasteiger charge is -2.03. The highest BCUT2D eigenvalue weighted by atomic mass is 32.2. The zero-order valence-electron chi connectivity index (χ0n) is 9.23. The molecule has 16 heavy (non-hydrogen) atoms. The third kappa shape index (κ3) is 4.40. The molecule has 0 aromatic carbocycles. The maximum atomic E-state index is 10.8. The van der Waals surface area contributed by atoms with Crippen LogP contribution in [0.2, 0.25) is 0 Å². The second-order valence-corrected chi connectivity index (χ2v) is 5.16. The number of hydrogen-bond acceptors (Lipinski definition) is 5. The molecule has 6 heteroatoms. The number of carbonyl (C=O) groups is 1. The van der Waals surface area contributed by atoms with Gasteiger partial charge in [0.1, 0.15) is 5.00 Å². The van der Waals surface area contributed by atoms with E-state index in [2.05, 4.69) is 16.6 Å². The van der Waals surface area contributed by atoms with Gasteiger partial charge in [-0.15, -0.1) is 11.3 Å². The van der Waals surface area contributed by atoms with E-state index < -0.39 is 5.97 Å². The van der Waals surface area contributed by atoms with Gasteiger partial charge in [-0.1, -0.05) is 6.42 Å². The van der Waals surface area contributed by atoms with Crippen LogP contribution < -0.4 is 5.32 Å². The molecular formula is C10H16N2O2S2. The molecule has 0 saturated heterocycles. The van der Waals surface area contributed by atoms with Gasteiger partial charge in [0.15, 0.2) is 5.69 Å². The Balaban J connectivity index is 2.21. The Hall–Kier alpha value is -0.750. The molecule has 1 aromatic rings. The fraction of sp³-hybridized carbons (Fsp3) is 0.600. The number of aromatic nitrogens is 1. The summed E-state index contributed by atoms with van der Waals surface area (Å²) < 4.78 is 0. The van der Waals surface area contributed by atoms with Gasteiger partial charge in [-0.25, -0.2) is 9.78 Å². The summed E-state index contributed by atoms with van der Waals surface area (Å²) in [6.45, 7) is 0.816. The highest BCUT2D eigenvalue weighted by molar-refractivity contribution is 7.98. The second kappa shape index (κ2) is 7.51. The Kier molecular flexibility index (Phi) is 6.25. The molecule has 0 saturated carbocycles. The van der Waals surface area contributed by atoms with Crippen molar-refractivity contribution in [3.8, 4) is 0 Å². The smallest absolute Gasteiger partial charge is 0.357 e. The third-order valence-corrected chi connectivity index (χ3v) is 3.56. The molecule has 0 bridgehead atoms. The molecule has 1 rings (SSSR count). The van der Waals surface area contributed by atoms with Crippen LogP contribution in [0.3, 0.4) is 0 Å². The molecular weight excluding hydrogens is 244 g/mol. The Labute approximate surface area is 103 Å². The summed E-state index contributed by atoms with van der Waals surface area (Å²) in [6, 6.07) is 0. The van der Waals surface area contributed by atoms with Crippen LogP contribution in [-0.2, 0) is 0 Å². The van der Waals surface area contributed by atoms with Crippen LogP contribution in [0.1, 0.15) is 29.8 Å². The second-order valence-electron chi connectivity index (χ2n) is 3.32. The predicted molar refractivity (Wildman–Crippen MR) is 69.8 cm³/mol. The van der Waals surface area contributed by atoms with Crippen molar-refractivity contribution < 1.29 is 9.90 Å². The third-order valence-electron chi connectivity index (χ3n) is 2.08. The van der Waals surface area contributed by atoms with Crippen LogP contribution >= 0.6 is 23.1 Å². The summed E-state index contributed by atoms with van der Waals surface area (Å²) in [4.78, 5) is 14.6. The van der Waals surface area contributed by atoms with Crippen molar-refractivity contribution >= 4 is 34.1 Å². The van der Waals surface area contributed by atoms with Crippen LogP contribution in [0.15, 0.2) is 5.51 Å². The average molecular weight is 260 g/mol. The van der Waals surface area contributed by atoms with Crippen LogP contribution in [0.5, 0.6) is 0 Å². The molecule has 0 aliphatic heterocycles. The van der Waals surface area contributed by atoms with Crippen LogP contribution in [0.25, 0.3) is 0 Å². The number of thioether (sulfide) groups is 1. The monoisotopic (exact) mass is 260 g/mol. The maximum Gasteiger partial charge on any atom is 0.357 e. The van der Waals surface area contributed by atoms with E-state index in [1.807, 2.05) is 11.8 Å². The summed E-state index contributed by atoms with van der Waals surface area (Å²) in [6.07, 6.45) is 5.57. The number of unbranched alkanes of at least 4 members (excludes halogenated alkanes) is 2. The van der Waals surface area contributed by atoms with Crippen molar-refractivity contribution in [1.29, 1.82) is 0 Å². The van der Waals surface area contributed by atoms with E-state index in [9.17, 15) is 4.79 Å². The van der Waals surface area contributed by atoms with E-state index in [0.717, 1.165) is 13.0 Å². The molecule has 0 aliphatic rings. The zero-order chi connectivity index (χ0) is 11.8. The first kappa shape index (κ1) is 13.3. The molecule has 4 nitrogen and oxygen atoms in total. The average Bonchev–Trinajstić information content (AvgIpc) is 2.71. The summed E-state index contributed by atoms with van der Waals surface area (Å²) in [5.41, 5.74) is 1.69. The predicted octanol–water partition coefficient (Wildman–Crippen LogP) is 2.79. The largest absolute Gasteiger partial charge is 0.476 e. The lowest BCUT2D eigenvalue weighted by Crippen LogP contribution is -2.06. The summed E-state index contributed by atoms with van der Waals surface area (Å²) in [7, 11) is 0. The van der Waals surface area contributed by atoms with Crippen molar-refractivity contribution in [2.45, 2.75) is 19.3 Å². The van der Waals surface area contributed by atoms with Gasteiger partial charge in [-0.05, 0) is 24.9 Å². The molecule has 0 aliphatic carbocycles. The van der Waals surface area contributed by atoms with Gasteiger partial charge in [0, 0.05) is 6.54 Å². The van der Waals surface area contributed by atoms with Crippen molar-refractivity contribution in [1.82, 2.24) is 4.98 Å². The first-order chi connectivity index (χ1) is 7.75. The van der Waals surface area contributed by atoms with Crippen LogP contribution in [0, 0.1) is 0 Å². The number of rotatable bonds is 8. The van der Waals surface area contributed by atoms with E-state index in [0.29, 0.717) is 5.00 Å². The summed E-state index contributed by atoms with van der Waals surface area (Å²) in [5.74, 6) is 0.229. The Morgan fingerprint density at radius 3 is 3.06 bits per heavy atom. The molecule has 0 radical (unpaired) electrons. The zero-order valence-corrected chi connectivity index (χ0v) is 10.9. The Morgan fingerprint density at radius 2 is 2.38 bits per heavy atom. The van der Waals surface area contributed by atoms with E-state index in [-0.39, 0.29) is 5.69 Å². The number of hydrogen-bond donors (Lipinski definition) is 2. The van der Waals surface area contributed by atoms with Gasteiger partial charge in [0.05, 0.1) is 5.51 Å². The molecule has 0 atom stereocenters. The number of carboxylic acid groups (broad SMARTS) is 1. The van der Waals surface area contributed by atoms with Gasteiger partial charge in [0.25, 0.3) is 0 Å². The SMILES string of the molecule is CSCCCCCNc1scnc1C(=O)O. The van der Waals surface area contributed by atoms with Gasteiger partial charge in [-0.3, -0.25) is 0 Å². The van der Waals surface area contributed by atoms with Crippen molar-refractivity contribution in [3.63, 3.8) is 0 Å². The van der Waals surface area contributed by atoms with E-state index in [4.69, 9.17) is 5.11 Å². The molecule has 0 spiro atoms. The Morgan fingerprint density at radius 1 is 1.56 bits per heavy atom. The number of anilines is 1. The number of nitrogens with one attached hydrogen (secondary N) is 1. The highest BCUT2D eigenvalue weighted by Crippen LogP contribution is 2.19. The normalized spacial score (nSPS) is 10.3. The first-order valence-electron chi connectivity index (χ1n) is 5.15. The van der Waals surface area contributed by atoms with E-state index in [1.165, 1.54) is 29.9 Å². The fourth-order valence-corrected chi connectivity index (χ4v) is 2.47. The standard InChI is InChI=1S/C10H16N2O2S2/c1-15-6-4-2-3-5-11-9-8(10(13)14)12-7-16-9/h7,11H,2-6H2,1H3,(H,13,14). The van der Waals surface area contributed by atoms with Gasteiger partial charge < -0.3 is 10.4 Å². The van der Waals surface area contributed by atoms with E-state index >= 15 is 0 Å². The molecule has 90 valence electrons. The minimum Gasteiger partial charge on any atom is -0.476 e. The number of carboxylic acids is 1. The minimum absolute atomic E-state index is 0.133. The topological polar surface area (TPSA) is 62.2 Å². The van der Waals surface area contributed by atoms with Gasteiger partial charge >= 0.3 is 5.97 Å². The fourth-order valence-electron chi connectivity index (χ4n) is 1.27. The van der Waals surface area contributed by atoms with Crippen LogP contribution in [-0.4, -0.2) is 34.6 Å². The molecule has 1 heterocycles. The van der Waals surface area contributed by atoms with E-state index in [1.54, 1.807) is 5.51 Å². The molecule has 0 fully saturated rings. The number of thiazole rings is 1. The molecule has 0 amide bonds. The first-order valence-corrected chi connectivity index (χ1v) is 7.42. The van der Waals surface area contributed by atoms with Gasteiger partial charge in [0.2, 0.25) is 0 Å². The lowest BCUT2D eigenvalue weighted by molar-refractivity contribution is 0.0692. The van der Waals surface area contributed by atoms with Crippen LogP contribution in [0.4, 0.5) is 5.00 Å². The minimum atomic E-state index is -0.967. The lowest BCUT2D eigenvalue weighted by atomic mass is 10.2. The van der Waals surface area contributed by atoms with Gasteiger partial charge in [-0.2, -0.15) is 11.8 Å². The molecule has 2 N–H and O–H groups in total. The number of aromatic carboxylic acids is 1. The quantitative estimate of drug-likeness (QED) is 0.704. The molecule has 0 unspecified atom stereocenters.